The predicted octanol–water partition coefficient (Wildman–Crippen LogP) is 4.29. The molecule has 33 heavy (non-hydrogen) atoms. The second-order valence-electron chi connectivity index (χ2n) is 10.1. The molecule has 2 atom stereocenters. The van der Waals surface area contributed by atoms with Crippen molar-refractivity contribution in [3.05, 3.63) is 65.7 Å². The van der Waals surface area contributed by atoms with Gasteiger partial charge in [0.1, 0.15) is 11.9 Å². The number of likely N-dealkylation sites (tertiary alicyclic amines) is 3. The molecule has 3 fully saturated rings. The van der Waals surface area contributed by atoms with Crippen LogP contribution >= 0.6 is 0 Å². The summed E-state index contributed by atoms with van der Waals surface area (Å²) >= 11 is 0. The number of carbonyl (C=O) groups excluding carboxylic acids is 1. The van der Waals surface area contributed by atoms with E-state index in [1.54, 1.807) is 0 Å². The van der Waals surface area contributed by atoms with Crippen LogP contribution in [0.1, 0.15) is 48.0 Å². The lowest BCUT2D eigenvalue weighted by Crippen LogP contribution is -2.54. The van der Waals surface area contributed by atoms with E-state index in [1.807, 2.05) is 24.3 Å². The fourth-order valence-corrected chi connectivity index (χ4v) is 5.86. The van der Waals surface area contributed by atoms with Crippen molar-refractivity contribution >= 4 is 5.91 Å². The normalized spacial score (nSPS) is 24.9. The molecule has 0 spiro atoms. The summed E-state index contributed by atoms with van der Waals surface area (Å²) in [6.45, 7) is 6.08. The number of amides is 1. The highest BCUT2D eigenvalue weighted by Crippen LogP contribution is 2.32. The SMILES string of the molecule is CN1CCC(Oc2ccc(C(=O)N3CCC4C(CCCN4Cc4ccccc4)C3)cc2)CC1. The number of ether oxygens (including phenoxy) is 1. The number of fused-ring (bicyclic) bond motifs is 1. The molecule has 0 saturated carbocycles. The quantitative estimate of drug-likeness (QED) is 0.685. The average molecular weight is 448 g/mol. The lowest BCUT2D eigenvalue weighted by molar-refractivity contribution is 0.0175. The highest BCUT2D eigenvalue weighted by molar-refractivity contribution is 5.94. The Bertz CT molecular complexity index is 908. The molecule has 176 valence electrons. The molecule has 3 saturated heterocycles. The summed E-state index contributed by atoms with van der Waals surface area (Å²) in [7, 11) is 2.16. The Morgan fingerprint density at radius 1 is 0.909 bits per heavy atom. The Morgan fingerprint density at radius 2 is 1.67 bits per heavy atom. The van der Waals surface area contributed by atoms with Crippen LogP contribution in [0.25, 0.3) is 0 Å². The summed E-state index contributed by atoms with van der Waals surface area (Å²) in [4.78, 5) is 20.3. The van der Waals surface area contributed by atoms with Gasteiger partial charge in [0.15, 0.2) is 0 Å². The van der Waals surface area contributed by atoms with E-state index in [1.165, 1.54) is 24.9 Å². The van der Waals surface area contributed by atoms with Gasteiger partial charge in [-0.15, -0.1) is 0 Å². The highest BCUT2D eigenvalue weighted by Gasteiger charge is 2.37. The van der Waals surface area contributed by atoms with Gasteiger partial charge in [0.25, 0.3) is 5.91 Å². The van der Waals surface area contributed by atoms with E-state index in [4.69, 9.17) is 4.74 Å². The van der Waals surface area contributed by atoms with Crippen LogP contribution in [0.3, 0.4) is 0 Å². The van der Waals surface area contributed by atoms with Crippen molar-refractivity contribution in [2.45, 2.75) is 50.8 Å². The smallest absolute Gasteiger partial charge is 0.253 e. The van der Waals surface area contributed by atoms with Crippen molar-refractivity contribution in [2.75, 3.05) is 39.8 Å². The van der Waals surface area contributed by atoms with Gasteiger partial charge in [-0.25, -0.2) is 0 Å². The third kappa shape index (κ3) is 5.42. The van der Waals surface area contributed by atoms with Crippen LogP contribution in [0.15, 0.2) is 54.6 Å². The van der Waals surface area contributed by atoms with Crippen LogP contribution in [-0.4, -0.2) is 72.5 Å². The van der Waals surface area contributed by atoms with Gasteiger partial charge >= 0.3 is 0 Å². The molecule has 0 bridgehead atoms. The van der Waals surface area contributed by atoms with Crippen LogP contribution in [-0.2, 0) is 6.54 Å². The van der Waals surface area contributed by atoms with Crippen molar-refractivity contribution in [1.29, 1.82) is 0 Å². The Balaban J connectivity index is 1.17. The Morgan fingerprint density at radius 3 is 2.42 bits per heavy atom. The number of nitrogens with zero attached hydrogens (tertiary/aromatic N) is 3. The molecule has 0 aliphatic carbocycles. The molecule has 0 radical (unpaired) electrons. The zero-order valence-electron chi connectivity index (χ0n) is 19.9. The molecule has 2 aromatic carbocycles. The minimum Gasteiger partial charge on any atom is -0.490 e. The fourth-order valence-electron chi connectivity index (χ4n) is 5.86. The van der Waals surface area contributed by atoms with Gasteiger partial charge in [-0.05, 0) is 81.4 Å². The molecule has 0 aromatic heterocycles. The summed E-state index contributed by atoms with van der Waals surface area (Å²) in [5.41, 5.74) is 2.17. The molecular weight excluding hydrogens is 410 g/mol. The Labute approximate surface area is 198 Å². The summed E-state index contributed by atoms with van der Waals surface area (Å²) in [6.07, 6.45) is 5.93. The second kappa shape index (κ2) is 10.3. The van der Waals surface area contributed by atoms with Crippen molar-refractivity contribution in [3.63, 3.8) is 0 Å². The summed E-state index contributed by atoms with van der Waals surface area (Å²) in [5, 5.41) is 0. The van der Waals surface area contributed by atoms with Crippen molar-refractivity contribution < 1.29 is 9.53 Å². The predicted molar refractivity (Wildman–Crippen MR) is 131 cm³/mol. The number of hydrogen-bond donors (Lipinski definition) is 0. The van der Waals surface area contributed by atoms with E-state index < -0.39 is 0 Å². The number of benzene rings is 2. The topological polar surface area (TPSA) is 36.0 Å². The van der Waals surface area contributed by atoms with Gasteiger partial charge < -0.3 is 14.5 Å². The van der Waals surface area contributed by atoms with E-state index in [2.05, 4.69) is 52.1 Å². The largest absolute Gasteiger partial charge is 0.490 e. The van der Waals surface area contributed by atoms with E-state index >= 15 is 0 Å². The summed E-state index contributed by atoms with van der Waals surface area (Å²) < 4.78 is 6.16. The Kier molecular flexibility index (Phi) is 6.98. The first kappa shape index (κ1) is 22.4. The summed E-state index contributed by atoms with van der Waals surface area (Å²) in [6, 6.07) is 19.2. The minimum atomic E-state index is 0.166. The molecule has 5 rings (SSSR count). The molecular formula is C28H37N3O2. The Hall–Kier alpha value is -2.37. The molecule has 1 amide bonds. The molecule has 0 N–H and O–H groups in total. The van der Waals surface area contributed by atoms with Crippen LogP contribution in [0, 0.1) is 5.92 Å². The molecule has 2 unspecified atom stereocenters. The first-order valence-corrected chi connectivity index (χ1v) is 12.7. The maximum absolute atomic E-state index is 13.3. The van der Waals surface area contributed by atoms with Crippen molar-refractivity contribution in [1.82, 2.24) is 14.7 Å². The second-order valence-corrected chi connectivity index (χ2v) is 10.1. The molecule has 5 heteroatoms. The van der Waals surface area contributed by atoms with Crippen LogP contribution < -0.4 is 4.74 Å². The fraction of sp³-hybridized carbons (Fsp3) is 0.536. The van der Waals surface area contributed by atoms with Gasteiger partial charge in [0, 0.05) is 44.3 Å². The van der Waals surface area contributed by atoms with Crippen LogP contribution in [0.4, 0.5) is 0 Å². The van der Waals surface area contributed by atoms with E-state index in [9.17, 15) is 4.79 Å². The van der Waals surface area contributed by atoms with E-state index in [-0.39, 0.29) is 12.0 Å². The zero-order chi connectivity index (χ0) is 22.6. The number of carbonyl (C=O) groups is 1. The lowest BCUT2D eigenvalue weighted by atomic mass is 9.83. The van der Waals surface area contributed by atoms with Gasteiger partial charge in [-0.2, -0.15) is 0 Å². The highest BCUT2D eigenvalue weighted by atomic mass is 16.5. The number of hydrogen-bond acceptors (Lipinski definition) is 4. The van der Waals surface area contributed by atoms with Gasteiger partial charge in [0.2, 0.25) is 0 Å². The molecule has 3 heterocycles. The maximum Gasteiger partial charge on any atom is 0.253 e. The van der Waals surface area contributed by atoms with Crippen molar-refractivity contribution in [2.24, 2.45) is 5.92 Å². The van der Waals surface area contributed by atoms with Crippen LogP contribution in [0.2, 0.25) is 0 Å². The molecule has 3 aliphatic rings. The zero-order valence-corrected chi connectivity index (χ0v) is 19.9. The summed E-state index contributed by atoms with van der Waals surface area (Å²) in [5.74, 6) is 1.62. The van der Waals surface area contributed by atoms with E-state index in [0.717, 1.165) is 63.3 Å². The molecule has 5 nitrogen and oxygen atoms in total. The molecule has 2 aromatic rings. The van der Waals surface area contributed by atoms with E-state index in [0.29, 0.717) is 12.0 Å². The number of rotatable bonds is 5. The van der Waals surface area contributed by atoms with Gasteiger partial charge in [-0.3, -0.25) is 9.69 Å². The lowest BCUT2D eigenvalue weighted by Gasteiger charge is -2.47. The van der Waals surface area contributed by atoms with Gasteiger partial charge in [-0.1, -0.05) is 30.3 Å². The number of piperidine rings is 3. The van der Waals surface area contributed by atoms with Crippen LogP contribution in [0.5, 0.6) is 5.75 Å². The molecule has 3 aliphatic heterocycles. The van der Waals surface area contributed by atoms with Crippen molar-refractivity contribution in [3.8, 4) is 5.75 Å². The average Bonchev–Trinajstić information content (AvgIpc) is 2.86. The maximum atomic E-state index is 13.3. The first-order valence-electron chi connectivity index (χ1n) is 12.7. The van der Waals surface area contributed by atoms with Gasteiger partial charge in [0.05, 0.1) is 0 Å². The first-order chi connectivity index (χ1) is 16.2. The third-order valence-corrected chi connectivity index (χ3v) is 7.77. The standard InChI is InChI=1S/C28H37N3O2/c1-29-17-13-26(14-18-29)33-25-11-9-23(10-12-25)28(32)31-19-15-27-24(21-31)8-5-16-30(27)20-22-6-3-2-4-7-22/h2-4,6-7,9-12,24,26-27H,5,8,13-21H2,1H3. The monoisotopic (exact) mass is 447 g/mol. The minimum absolute atomic E-state index is 0.166. The third-order valence-electron chi connectivity index (χ3n) is 7.77.